The number of nitrogens with two attached hydrogens (primary N) is 1. The van der Waals surface area contributed by atoms with Crippen molar-refractivity contribution in [2.45, 2.75) is 26.8 Å². The number of thioether (sulfide) groups is 1. The summed E-state index contributed by atoms with van der Waals surface area (Å²) in [5.74, 6) is 1.71. The molecule has 0 saturated heterocycles. The van der Waals surface area contributed by atoms with Crippen LogP contribution in [0.2, 0.25) is 5.02 Å². The normalized spacial score (nSPS) is 11.5. The molecule has 3 N–H and O–H groups in total. The predicted octanol–water partition coefficient (Wildman–Crippen LogP) is 4.96. The molecule has 0 bridgehead atoms. The Labute approximate surface area is 212 Å². The van der Waals surface area contributed by atoms with E-state index in [1.165, 1.54) is 11.0 Å². The summed E-state index contributed by atoms with van der Waals surface area (Å²) in [6.45, 7) is 3.32. The highest BCUT2D eigenvalue weighted by Gasteiger charge is 2.20. The molecular formula is C25H25ClN4O4S. The molecule has 182 valence electrons. The minimum Gasteiger partial charge on any atom is -0.457 e. The van der Waals surface area contributed by atoms with E-state index < -0.39 is 0 Å². The summed E-state index contributed by atoms with van der Waals surface area (Å²) in [5.41, 5.74) is 7.31. The number of carbonyl (C=O) groups excluding carboxylic acids is 2. The largest absolute Gasteiger partial charge is 0.457 e. The van der Waals surface area contributed by atoms with Crippen LogP contribution in [0, 0.1) is 6.92 Å². The van der Waals surface area contributed by atoms with Gasteiger partial charge < -0.3 is 20.5 Å². The maximum absolute atomic E-state index is 13.3. The van der Waals surface area contributed by atoms with Crippen molar-refractivity contribution in [3.63, 3.8) is 0 Å². The molecule has 3 rings (SSSR count). The number of aromatic nitrogens is 2. The number of aliphatic hydroxyl groups excluding tert-OH is 1. The van der Waals surface area contributed by atoms with Crippen molar-refractivity contribution in [2.75, 3.05) is 12.3 Å². The molecule has 1 aromatic heterocycles. The van der Waals surface area contributed by atoms with Gasteiger partial charge >= 0.3 is 0 Å². The quantitative estimate of drug-likeness (QED) is 0.366. The predicted molar refractivity (Wildman–Crippen MR) is 137 cm³/mol. The van der Waals surface area contributed by atoms with Gasteiger partial charge in [-0.25, -0.2) is 9.97 Å². The van der Waals surface area contributed by atoms with Crippen molar-refractivity contribution in [2.24, 2.45) is 0 Å². The van der Waals surface area contributed by atoms with E-state index in [4.69, 9.17) is 22.1 Å². The molecule has 0 radical (unpaired) electrons. The molecule has 0 atom stereocenters. The number of benzene rings is 2. The van der Waals surface area contributed by atoms with Gasteiger partial charge in [0.15, 0.2) is 0 Å². The van der Waals surface area contributed by atoms with E-state index in [0.29, 0.717) is 44.9 Å². The first-order valence-electron chi connectivity index (χ1n) is 10.7. The highest BCUT2D eigenvalue weighted by Crippen LogP contribution is 2.35. The number of aliphatic hydroxyl groups is 1. The fraction of sp³-hybridized carbons (Fsp3) is 0.200. The minimum absolute atomic E-state index is 0.116. The summed E-state index contributed by atoms with van der Waals surface area (Å²) in [6, 6.07) is 13.9. The van der Waals surface area contributed by atoms with Gasteiger partial charge in [0.1, 0.15) is 23.1 Å². The third kappa shape index (κ3) is 7.05. The second-order valence-corrected chi connectivity index (χ2v) is 8.99. The maximum atomic E-state index is 13.3. The average molecular weight is 513 g/mol. The van der Waals surface area contributed by atoms with Gasteiger partial charge in [0.05, 0.1) is 12.1 Å². The zero-order valence-electron chi connectivity index (χ0n) is 19.3. The van der Waals surface area contributed by atoms with E-state index in [0.717, 1.165) is 11.8 Å². The average Bonchev–Trinajstić information content (AvgIpc) is 2.84. The fourth-order valence-electron chi connectivity index (χ4n) is 3.15. The number of anilines is 1. The number of allylic oxidation sites excluding steroid dienone is 1. The summed E-state index contributed by atoms with van der Waals surface area (Å²) in [6.07, 6.45) is 2.37. The topological polar surface area (TPSA) is 119 Å². The Morgan fingerprint density at radius 1 is 1.26 bits per heavy atom. The number of para-hydroxylation sites is 1. The van der Waals surface area contributed by atoms with Crippen LogP contribution in [-0.2, 0) is 11.3 Å². The Balaban J connectivity index is 1.89. The van der Waals surface area contributed by atoms with Gasteiger partial charge in [-0.2, -0.15) is 0 Å². The van der Waals surface area contributed by atoms with E-state index in [2.05, 4.69) is 9.97 Å². The van der Waals surface area contributed by atoms with Crippen LogP contribution >= 0.6 is 23.4 Å². The molecule has 35 heavy (non-hydrogen) atoms. The summed E-state index contributed by atoms with van der Waals surface area (Å²) >= 11 is 7.07. The Morgan fingerprint density at radius 3 is 2.66 bits per heavy atom. The van der Waals surface area contributed by atoms with Crippen LogP contribution in [0.1, 0.15) is 35.1 Å². The van der Waals surface area contributed by atoms with Crippen molar-refractivity contribution in [3.05, 3.63) is 87.3 Å². The first kappa shape index (κ1) is 26.2. The van der Waals surface area contributed by atoms with Crippen LogP contribution in [0.25, 0.3) is 0 Å². The van der Waals surface area contributed by atoms with E-state index in [1.807, 2.05) is 18.2 Å². The van der Waals surface area contributed by atoms with Crippen molar-refractivity contribution in [1.82, 2.24) is 14.9 Å². The standard InChI is InChI=1S/C25H25ClN4O4S/c1-16(30(15-32)14-18-13-28-17(2)29-24(18)27)23(10-11-31)35-25(33)21-12-19(26)8-9-22(21)34-20-6-4-3-5-7-20/h3-9,12-13,15,31H,10-11,14H2,1-2H3,(H2,27,28,29)/b23-16-. The SMILES string of the molecule is C/C(=C(\CCO)SC(=O)c1cc(Cl)ccc1Oc1ccccc1)N(C=O)Cc1cnc(C)nc1N. The van der Waals surface area contributed by atoms with Gasteiger partial charge in [-0.3, -0.25) is 9.59 Å². The number of carbonyl (C=O) groups is 2. The van der Waals surface area contributed by atoms with Crippen LogP contribution in [-0.4, -0.2) is 38.1 Å². The van der Waals surface area contributed by atoms with Crippen LogP contribution in [0.4, 0.5) is 5.82 Å². The molecule has 3 aromatic rings. The number of nitrogen functional groups attached to an aromatic ring is 1. The number of nitrogens with zero attached hydrogens (tertiary/aromatic N) is 3. The second kappa shape index (κ2) is 12.3. The Morgan fingerprint density at radius 2 is 2.00 bits per heavy atom. The molecule has 0 aliphatic carbocycles. The maximum Gasteiger partial charge on any atom is 0.227 e. The summed E-state index contributed by atoms with van der Waals surface area (Å²) in [5, 5.41) is 9.67. The molecule has 8 nitrogen and oxygen atoms in total. The molecule has 10 heteroatoms. The highest BCUT2D eigenvalue weighted by molar-refractivity contribution is 8.17. The van der Waals surface area contributed by atoms with Gasteiger partial charge in [0.2, 0.25) is 11.5 Å². The lowest BCUT2D eigenvalue weighted by molar-refractivity contribution is -0.116. The monoisotopic (exact) mass is 512 g/mol. The van der Waals surface area contributed by atoms with Gasteiger partial charge in [-0.1, -0.05) is 29.8 Å². The van der Waals surface area contributed by atoms with E-state index in [-0.39, 0.29) is 36.1 Å². The van der Waals surface area contributed by atoms with E-state index in [1.54, 1.807) is 44.3 Å². The van der Waals surface area contributed by atoms with Crippen LogP contribution < -0.4 is 10.5 Å². The van der Waals surface area contributed by atoms with Crippen LogP contribution in [0.3, 0.4) is 0 Å². The van der Waals surface area contributed by atoms with Crippen molar-refractivity contribution < 1.29 is 19.4 Å². The molecule has 0 aliphatic heterocycles. The summed E-state index contributed by atoms with van der Waals surface area (Å²) in [7, 11) is 0. The fourth-order valence-corrected chi connectivity index (χ4v) is 4.28. The van der Waals surface area contributed by atoms with Crippen molar-refractivity contribution in [1.29, 1.82) is 0 Å². The number of hydrogen-bond acceptors (Lipinski definition) is 8. The molecule has 0 fully saturated rings. The smallest absolute Gasteiger partial charge is 0.227 e. The van der Waals surface area contributed by atoms with E-state index in [9.17, 15) is 14.7 Å². The van der Waals surface area contributed by atoms with Crippen LogP contribution in [0.15, 0.2) is 65.3 Å². The number of aryl methyl sites for hydroxylation is 1. The van der Waals surface area contributed by atoms with E-state index >= 15 is 0 Å². The Hall–Kier alpha value is -3.40. The number of halogens is 1. The number of amides is 1. The lowest BCUT2D eigenvalue weighted by Crippen LogP contribution is -2.22. The Bertz CT molecular complexity index is 1240. The van der Waals surface area contributed by atoms with Gasteiger partial charge in [0.25, 0.3) is 0 Å². The second-order valence-electron chi connectivity index (χ2n) is 7.49. The van der Waals surface area contributed by atoms with Gasteiger partial charge in [-0.05, 0) is 55.9 Å². The van der Waals surface area contributed by atoms with Gasteiger partial charge in [0, 0.05) is 40.4 Å². The zero-order chi connectivity index (χ0) is 25.4. The molecule has 1 heterocycles. The van der Waals surface area contributed by atoms with Crippen molar-refractivity contribution in [3.8, 4) is 11.5 Å². The molecule has 0 unspecified atom stereocenters. The third-order valence-electron chi connectivity index (χ3n) is 5.01. The minimum atomic E-state index is -0.342. The summed E-state index contributed by atoms with van der Waals surface area (Å²) in [4.78, 5) is 35.4. The molecule has 1 amide bonds. The highest BCUT2D eigenvalue weighted by atomic mass is 35.5. The molecule has 0 spiro atoms. The zero-order valence-corrected chi connectivity index (χ0v) is 20.8. The van der Waals surface area contributed by atoms with Crippen LogP contribution in [0.5, 0.6) is 11.5 Å². The summed E-state index contributed by atoms with van der Waals surface area (Å²) < 4.78 is 5.91. The lowest BCUT2D eigenvalue weighted by atomic mass is 10.2. The number of hydrogen-bond donors (Lipinski definition) is 2. The number of rotatable bonds is 10. The lowest BCUT2D eigenvalue weighted by Gasteiger charge is -2.22. The Kier molecular flexibility index (Phi) is 9.25. The third-order valence-corrected chi connectivity index (χ3v) is 6.39. The first-order valence-corrected chi connectivity index (χ1v) is 11.9. The molecule has 0 saturated carbocycles. The molecular weight excluding hydrogens is 488 g/mol. The molecule has 0 aliphatic rings. The first-order chi connectivity index (χ1) is 16.8. The molecule has 2 aromatic carbocycles. The van der Waals surface area contributed by atoms with Crippen molar-refractivity contribution >= 4 is 40.7 Å². The number of ether oxygens (including phenoxy) is 1. The van der Waals surface area contributed by atoms with Gasteiger partial charge in [-0.15, -0.1) is 0 Å².